The van der Waals surface area contributed by atoms with Crippen molar-refractivity contribution in [2.75, 3.05) is 0 Å². The first-order valence-corrected chi connectivity index (χ1v) is 3.06. The van der Waals surface area contributed by atoms with Gasteiger partial charge in [0.2, 0.25) is 5.91 Å². The van der Waals surface area contributed by atoms with Gasteiger partial charge in [0.05, 0.1) is 5.92 Å². The van der Waals surface area contributed by atoms with Gasteiger partial charge in [-0.2, -0.15) is 5.10 Å². The Hall–Kier alpha value is -1.39. The maximum atomic E-state index is 10.2. The van der Waals surface area contributed by atoms with Gasteiger partial charge in [0.1, 0.15) is 0 Å². The second-order valence-electron chi connectivity index (χ2n) is 2.07. The molecule has 0 bridgehead atoms. The highest BCUT2D eigenvalue weighted by Crippen LogP contribution is 1.87. The van der Waals surface area contributed by atoms with Crippen LogP contribution in [0.5, 0.6) is 0 Å². The number of amides is 1. The van der Waals surface area contributed by atoms with Gasteiger partial charge >= 0.3 is 5.97 Å². The number of carbonyl (C=O) groups is 2. The Morgan fingerprint density at radius 2 is 2.18 bits per heavy atom. The fourth-order valence-electron chi connectivity index (χ4n) is 0.304. The Balaban J connectivity index is 3.74. The number of hydrogen-bond acceptors (Lipinski definition) is 3. The summed E-state index contributed by atoms with van der Waals surface area (Å²) in [7, 11) is 0. The zero-order valence-electron chi connectivity index (χ0n) is 6.37. The van der Waals surface area contributed by atoms with Crippen LogP contribution in [0.2, 0.25) is 0 Å². The van der Waals surface area contributed by atoms with E-state index in [0.29, 0.717) is 0 Å². The number of rotatable bonds is 3. The monoisotopic (exact) mass is 158 g/mol. The predicted octanol–water partition coefficient (Wildman–Crippen LogP) is -0.171. The van der Waals surface area contributed by atoms with E-state index < -0.39 is 11.9 Å². The van der Waals surface area contributed by atoms with E-state index >= 15 is 0 Å². The molecule has 0 unspecified atom stereocenters. The number of nitrogens with one attached hydrogen (secondary N) is 1. The van der Waals surface area contributed by atoms with Crippen molar-refractivity contribution in [2.24, 2.45) is 11.0 Å². The second-order valence-corrected chi connectivity index (χ2v) is 2.07. The maximum Gasteiger partial charge on any atom is 0.311 e. The largest absolute Gasteiger partial charge is 0.481 e. The summed E-state index contributed by atoms with van der Waals surface area (Å²) >= 11 is 0. The van der Waals surface area contributed by atoms with E-state index in [1.807, 2.05) is 0 Å². The van der Waals surface area contributed by atoms with Gasteiger partial charge in [-0.15, -0.1) is 0 Å². The smallest absolute Gasteiger partial charge is 0.311 e. The number of carboxylic acids is 1. The Morgan fingerprint density at radius 3 is 2.55 bits per heavy atom. The Kier molecular flexibility index (Phi) is 3.87. The normalized spacial score (nSPS) is 12.9. The molecule has 0 rings (SSSR count). The third kappa shape index (κ3) is 5.07. The molecule has 0 saturated heterocycles. The van der Waals surface area contributed by atoms with Crippen LogP contribution in [0.15, 0.2) is 5.10 Å². The minimum absolute atomic E-state index is 0.321. The molecule has 0 aromatic carbocycles. The second kappa shape index (κ2) is 4.43. The lowest BCUT2D eigenvalue weighted by atomic mass is 10.2. The third-order valence-electron chi connectivity index (χ3n) is 0.910. The molecular weight excluding hydrogens is 148 g/mol. The highest BCUT2D eigenvalue weighted by molar-refractivity contribution is 5.88. The lowest BCUT2D eigenvalue weighted by Gasteiger charge is -1.95. The zero-order chi connectivity index (χ0) is 8.85. The molecule has 11 heavy (non-hydrogen) atoms. The minimum Gasteiger partial charge on any atom is -0.481 e. The highest BCUT2D eigenvalue weighted by atomic mass is 16.4. The average molecular weight is 158 g/mol. The lowest BCUT2D eigenvalue weighted by Crippen LogP contribution is -2.16. The summed E-state index contributed by atoms with van der Waals surface area (Å²) in [6.45, 7) is 2.76. The molecule has 62 valence electrons. The van der Waals surface area contributed by atoms with Crippen molar-refractivity contribution in [1.29, 1.82) is 0 Å². The lowest BCUT2D eigenvalue weighted by molar-refractivity contribution is -0.138. The first-order chi connectivity index (χ1) is 5.04. The number of nitrogens with zero attached hydrogens (tertiary/aromatic N) is 1. The van der Waals surface area contributed by atoms with Crippen LogP contribution >= 0.6 is 0 Å². The van der Waals surface area contributed by atoms with Crippen molar-refractivity contribution in [3.8, 4) is 0 Å². The molecule has 0 aromatic rings. The van der Waals surface area contributed by atoms with E-state index in [4.69, 9.17) is 5.11 Å². The molecule has 5 heteroatoms. The van der Waals surface area contributed by atoms with Gasteiger partial charge in [-0.1, -0.05) is 0 Å². The molecule has 0 aromatic heterocycles. The van der Waals surface area contributed by atoms with Gasteiger partial charge in [-0.25, -0.2) is 5.43 Å². The Labute approximate surface area is 64.1 Å². The van der Waals surface area contributed by atoms with Crippen LogP contribution in [0.4, 0.5) is 0 Å². The number of hydrazone groups is 1. The van der Waals surface area contributed by atoms with Gasteiger partial charge in [-0.3, -0.25) is 9.59 Å². The molecule has 1 amide bonds. The molecule has 0 spiro atoms. The molecule has 0 heterocycles. The fourth-order valence-corrected chi connectivity index (χ4v) is 0.304. The summed E-state index contributed by atoms with van der Waals surface area (Å²) < 4.78 is 0. The van der Waals surface area contributed by atoms with E-state index in [1.165, 1.54) is 13.8 Å². The summed E-state index contributed by atoms with van der Waals surface area (Å²) in [4.78, 5) is 20.4. The summed E-state index contributed by atoms with van der Waals surface area (Å²) in [5.74, 6) is -1.97. The molecule has 0 aliphatic heterocycles. The maximum absolute atomic E-state index is 10.2. The molecule has 5 nitrogen and oxygen atoms in total. The van der Waals surface area contributed by atoms with Crippen LogP contribution in [0.25, 0.3) is 0 Å². The quantitative estimate of drug-likeness (QED) is 0.442. The topological polar surface area (TPSA) is 78.8 Å². The predicted molar refractivity (Wildman–Crippen MR) is 39.1 cm³/mol. The molecule has 1 atom stereocenters. The highest BCUT2D eigenvalue weighted by Gasteiger charge is 2.05. The third-order valence-corrected chi connectivity index (χ3v) is 0.910. The molecule has 0 aliphatic rings. The van der Waals surface area contributed by atoms with Crippen molar-refractivity contribution in [3.05, 3.63) is 0 Å². The molecule has 0 aliphatic carbocycles. The van der Waals surface area contributed by atoms with Crippen molar-refractivity contribution >= 4 is 18.1 Å². The van der Waals surface area contributed by atoms with Crippen molar-refractivity contribution in [1.82, 2.24) is 5.43 Å². The molecule has 2 N–H and O–H groups in total. The van der Waals surface area contributed by atoms with E-state index in [-0.39, 0.29) is 5.91 Å². The summed E-state index contributed by atoms with van der Waals surface area (Å²) in [6, 6.07) is 0. The van der Waals surface area contributed by atoms with Gasteiger partial charge in [0.25, 0.3) is 0 Å². The van der Waals surface area contributed by atoms with Gasteiger partial charge in [-0.05, 0) is 6.92 Å². The van der Waals surface area contributed by atoms with E-state index in [1.54, 1.807) is 0 Å². The van der Waals surface area contributed by atoms with Gasteiger partial charge in [0.15, 0.2) is 0 Å². The van der Waals surface area contributed by atoms with Crippen molar-refractivity contribution in [2.45, 2.75) is 13.8 Å². The van der Waals surface area contributed by atoms with E-state index in [2.05, 4.69) is 10.5 Å². The van der Waals surface area contributed by atoms with Crippen LogP contribution < -0.4 is 5.43 Å². The summed E-state index contributed by atoms with van der Waals surface area (Å²) in [5.41, 5.74) is 2.10. The summed E-state index contributed by atoms with van der Waals surface area (Å²) in [5, 5.41) is 11.7. The molecular formula is C6H10N2O3. The zero-order valence-corrected chi connectivity index (χ0v) is 6.37. The van der Waals surface area contributed by atoms with Crippen LogP contribution in [-0.2, 0) is 9.59 Å². The molecule has 0 saturated carbocycles. The number of hydrogen-bond donors (Lipinski definition) is 2. The Bertz CT molecular complexity index is 188. The van der Waals surface area contributed by atoms with E-state index in [0.717, 1.165) is 6.21 Å². The molecule has 0 fully saturated rings. The number of carboxylic acid groups (broad SMARTS) is 1. The fraction of sp³-hybridized carbons (Fsp3) is 0.500. The van der Waals surface area contributed by atoms with Crippen LogP contribution in [0, 0.1) is 5.92 Å². The van der Waals surface area contributed by atoms with Gasteiger partial charge in [0, 0.05) is 13.1 Å². The number of aliphatic carboxylic acids is 1. The van der Waals surface area contributed by atoms with Crippen LogP contribution in [0.3, 0.4) is 0 Å². The van der Waals surface area contributed by atoms with Crippen molar-refractivity contribution in [3.63, 3.8) is 0 Å². The van der Waals surface area contributed by atoms with Crippen molar-refractivity contribution < 1.29 is 14.7 Å². The molecule has 0 radical (unpaired) electrons. The Morgan fingerprint density at radius 1 is 1.64 bits per heavy atom. The first-order valence-electron chi connectivity index (χ1n) is 3.06. The van der Waals surface area contributed by atoms with E-state index in [9.17, 15) is 9.59 Å². The minimum atomic E-state index is -0.973. The standard InChI is InChI=1S/C6H10N2O3/c1-4(6(10)11)3-7-8-5(2)9/h3-4H,1-2H3,(H,8,9)(H,10,11)/b7-3+/t4-/m0/s1. The SMILES string of the molecule is CC(=O)N/N=C/[C@H](C)C(=O)O. The van der Waals surface area contributed by atoms with Crippen LogP contribution in [0.1, 0.15) is 13.8 Å². The number of carbonyl (C=O) groups excluding carboxylic acids is 1. The van der Waals surface area contributed by atoms with Gasteiger partial charge < -0.3 is 5.11 Å². The first kappa shape index (κ1) is 9.61. The van der Waals surface area contributed by atoms with Crippen LogP contribution in [-0.4, -0.2) is 23.2 Å². The average Bonchev–Trinajstić information content (AvgIpc) is 1.86. The summed E-state index contributed by atoms with van der Waals surface area (Å²) in [6.07, 6.45) is 1.16.